The maximum atomic E-state index is 13.4. The van der Waals surface area contributed by atoms with Crippen LogP contribution in [-0.2, 0) is 4.74 Å². The third-order valence-corrected chi connectivity index (χ3v) is 5.67. The molecule has 1 fully saturated rings. The molecule has 0 aliphatic carbocycles. The highest BCUT2D eigenvalue weighted by Gasteiger charge is 2.34. The third kappa shape index (κ3) is 4.87. The van der Waals surface area contributed by atoms with Crippen molar-refractivity contribution in [3.63, 3.8) is 0 Å². The second-order valence-corrected chi connectivity index (χ2v) is 8.43. The van der Waals surface area contributed by atoms with Crippen LogP contribution < -0.4 is 0 Å². The monoisotopic (exact) mass is 469 g/mol. The Kier molecular flexibility index (Phi) is 7.23. The molecule has 180 valence electrons. The van der Waals surface area contributed by atoms with Gasteiger partial charge in [0.05, 0.1) is 17.7 Å². The lowest BCUT2D eigenvalue weighted by molar-refractivity contribution is -0.384. The normalized spacial score (nSPS) is 15.9. The number of piperazine rings is 1. The molecule has 2 amide bonds. The molecular weight excluding hydrogens is 442 g/mol. The topological polar surface area (TPSA) is 136 Å². The Balaban J connectivity index is 1.85. The van der Waals surface area contributed by atoms with Gasteiger partial charge in [0.15, 0.2) is 0 Å². The molecule has 1 atom stereocenters. The molecule has 0 bridgehead atoms. The van der Waals surface area contributed by atoms with E-state index in [-0.39, 0.29) is 60.0 Å². The molecule has 1 unspecified atom stereocenters. The van der Waals surface area contributed by atoms with E-state index in [1.807, 2.05) is 13.8 Å². The van der Waals surface area contributed by atoms with Crippen molar-refractivity contribution in [3.8, 4) is 0 Å². The lowest BCUT2D eigenvalue weighted by Gasteiger charge is -2.40. The molecule has 3 rings (SSSR count). The van der Waals surface area contributed by atoms with Crippen molar-refractivity contribution in [2.24, 2.45) is 0 Å². The van der Waals surface area contributed by atoms with Crippen LogP contribution in [0.5, 0.6) is 0 Å². The van der Waals surface area contributed by atoms with Gasteiger partial charge in [0.25, 0.3) is 17.5 Å². The first-order valence-corrected chi connectivity index (χ1v) is 10.9. The highest BCUT2D eigenvalue weighted by atomic mass is 16.6. The van der Waals surface area contributed by atoms with Crippen LogP contribution in [0, 0.1) is 17.0 Å². The van der Waals surface area contributed by atoms with E-state index in [9.17, 15) is 24.5 Å². The second kappa shape index (κ2) is 9.94. The van der Waals surface area contributed by atoms with E-state index in [0.717, 1.165) is 0 Å². The first-order valence-electron chi connectivity index (χ1n) is 10.9. The highest BCUT2D eigenvalue weighted by Crippen LogP contribution is 2.24. The summed E-state index contributed by atoms with van der Waals surface area (Å²) in [6.45, 7) is 7.82. The summed E-state index contributed by atoms with van der Waals surface area (Å²) in [7, 11) is 1.24. The van der Waals surface area contributed by atoms with Crippen molar-refractivity contribution in [1.29, 1.82) is 0 Å². The number of hydrogen-bond donors (Lipinski definition) is 0. The molecule has 1 aliphatic heterocycles. The van der Waals surface area contributed by atoms with Crippen LogP contribution in [0.25, 0.3) is 0 Å². The maximum absolute atomic E-state index is 13.4. The van der Waals surface area contributed by atoms with Crippen molar-refractivity contribution >= 4 is 23.5 Å². The van der Waals surface area contributed by atoms with Gasteiger partial charge in [0.1, 0.15) is 17.1 Å². The average Bonchev–Trinajstić information content (AvgIpc) is 2.82. The van der Waals surface area contributed by atoms with Gasteiger partial charge in [-0.25, -0.2) is 14.8 Å². The third-order valence-electron chi connectivity index (χ3n) is 5.67. The van der Waals surface area contributed by atoms with E-state index in [2.05, 4.69) is 9.97 Å². The first kappa shape index (κ1) is 24.7. The van der Waals surface area contributed by atoms with Gasteiger partial charge in [0, 0.05) is 43.4 Å². The molecule has 11 heteroatoms. The largest absolute Gasteiger partial charge is 0.465 e. The minimum atomic E-state index is -0.681. The number of ether oxygens (including phenoxy) is 1. The van der Waals surface area contributed by atoms with Crippen molar-refractivity contribution in [3.05, 3.63) is 62.7 Å². The predicted octanol–water partition coefficient (Wildman–Crippen LogP) is 2.59. The summed E-state index contributed by atoms with van der Waals surface area (Å²) in [6, 6.07) is 5.20. The predicted molar refractivity (Wildman–Crippen MR) is 122 cm³/mol. The minimum Gasteiger partial charge on any atom is -0.465 e. The zero-order valence-electron chi connectivity index (χ0n) is 19.8. The van der Waals surface area contributed by atoms with Gasteiger partial charge in [-0.15, -0.1) is 0 Å². The van der Waals surface area contributed by atoms with E-state index in [4.69, 9.17) is 4.74 Å². The summed E-state index contributed by atoms with van der Waals surface area (Å²) in [6.07, 6.45) is 0. The van der Waals surface area contributed by atoms with Crippen molar-refractivity contribution in [1.82, 2.24) is 19.8 Å². The standard InChI is InChI=1S/C23H27N5O6/c1-13(2)19-18(23(31)34-5)20(25-15(4)24-19)22(30)26-9-10-27(14(3)12-26)21(29)16-7-6-8-17(11-16)28(32)33/h6-8,11,13-14H,9-10,12H2,1-5H3. The molecule has 2 aromatic rings. The zero-order valence-corrected chi connectivity index (χ0v) is 19.8. The van der Waals surface area contributed by atoms with Crippen molar-refractivity contribution < 1.29 is 24.0 Å². The second-order valence-electron chi connectivity index (χ2n) is 8.43. The average molecular weight is 469 g/mol. The number of amides is 2. The summed E-state index contributed by atoms with van der Waals surface area (Å²) in [5, 5.41) is 11.0. The summed E-state index contributed by atoms with van der Waals surface area (Å²) in [5.74, 6) is -1.24. The van der Waals surface area contributed by atoms with Gasteiger partial charge >= 0.3 is 5.97 Å². The number of benzene rings is 1. The summed E-state index contributed by atoms with van der Waals surface area (Å²) in [5.41, 5.74) is 0.518. The Bertz CT molecular complexity index is 1150. The molecule has 2 heterocycles. The Labute approximate surface area is 196 Å². The number of carbonyl (C=O) groups is 3. The van der Waals surface area contributed by atoms with Crippen molar-refractivity contribution in [2.75, 3.05) is 26.7 Å². The molecule has 0 radical (unpaired) electrons. The van der Waals surface area contributed by atoms with Crippen LogP contribution in [0.1, 0.15) is 69.4 Å². The number of nitro groups is 1. The van der Waals surface area contributed by atoms with E-state index >= 15 is 0 Å². The van der Waals surface area contributed by atoms with Crippen LogP contribution in [0.3, 0.4) is 0 Å². The van der Waals surface area contributed by atoms with Crippen LogP contribution in [-0.4, -0.2) is 75.3 Å². The maximum Gasteiger partial charge on any atom is 0.342 e. The first-order chi connectivity index (χ1) is 16.0. The smallest absolute Gasteiger partial charge is 0.342 e. The van der Waals surface area contributed by atoms with Gasteiger partial charge in [-0.3, -0.25) is 19.7 Å². The van der Waals surface area contributed by atoms with Crippen LogP contribution in [0.15, 0.2) is 24.3 Å². The molecule has 11 nitrogen and oxygen atoms in total. The Hall–Kier alpha value is -3.89. The number of non-ortho nitro benzene ring substituents is 1. The summed E-state index contributed by atoms with van der Waals surface area (Å²) >= 11 is 0. The SMILES string of the molecule is COC(=O)c1c(C(=O)N2CCN(C(=O)c3cccc([N+](=O)[O-])c3)C(C)C2)nc(C)nc1C(C)C. The van der Waals surface area contributed by atoms with E-state index in [1.165, 1.54) is 31.4 Å². The molecule has 34 heavy (non-hydrogen) atoms. The molecular formula is C23H27N5O6. The Morgan fingerprint density at radius 3 is 2.47 bits per heavy atom. The molecule has 1 aromatic heterocycles. The van der Waals surface area contributed by atoms with Gasteiger partial charge in [-0.05, 0) is 25.8 Å². The number of aromatic nitrogens is 2. The molecule has 1 aromatic carbocycles. The van der Waals surface area contributed by atoms with Gasteiger partial charge < -0.3 is 14.5 Å². The van der Waals surface area contributed by atoms with Gasteiger partial charge in [-0.1, -0.05) is 19.9 Å². The number of carbonyl (C=O) groups excluding carboxylic acids is 3. The fourth-order valence-electron chi connectivity index (χ4n) is 3.98. The highest BCUT2D eigenvalue weighted by molar-refractivity contribution is 6.05. The molecule has 1 aliphatic rings. The number of nitro benzene ring substituents is 1. The van der Waals surface area contributed by atoms with Crippen molar-refractivity contribution in [2.45, 2.75) is 39.7 Å². The van der Waals surface area contributed by atoms with E-state index in [0.29, 0.717) is 11.5 Å². The number of esters is 1. The lowest BCUT2D eigenvalue weighted by atomic mass is 10.0. The number of nitrogens with zero attached hydrogens (tertiary/aromatic N) is 5. The van der Waals surface area contributed by atoms with Gasteiger partial charge in [-0.2, -0.15) is 0 Å². The summed E-state index contributed by atoms with van der Waals surface area (Å²) in [4.78, 5) is 61.2. The lowest BCUT2D eigenvalue weighted by Crippen LogP contribution is -2.55. The number of aryl methyl sites for hydroxylation is 1. The molecule has 0 spiro atoms. The van der Waals surface area contributed by atoms with Gasteiger partial charge in [0.2, 0.25) is 0 Å². The number of rotatable bonds is 5. The Morgan fingerprint density at radius 1 is 1.18 bits per heavy atom. The van der Waals surface area contributed by atoms with Crippen LogP contribution >= 0.6 is 0 Å². The fraction of sp³-hybridized carbons (Fsp3) is 0.435. The van der Waals surface area contributed by atoms with E-state index in [1.54, 1.807) is 23.6 Å². The fourth-order valence-corrected chi connectivity index (χ4v) is 3.98. The quantitative estimate of drug-likeness (QED) is 0.370. The molecule has 1 saturated heterocycles. The summed E-state index contributed by atoms with van der Waals surface area (Å²) < 4.78 is 4.90. The number of methoxy groups -OCH3 is 1. The molecule has 0 N–H and O–H groups in total. The van der Waals surface area contributed by atoms with Crippen LogP contribution in [0.2, 0.25) is 0 Å². The minimum absolute atomic E-state index is 0.0197. The molecule has 0 saturated carbocycles. The van der Waals surface area contributed by atoms with Crippen LogP contribution in [0.4, 0.5) is 5.69 Å². The Morgan fingerprint density at radius 2 is 1.88 bits per heavy atom. The zero-order chi connectivity index (χ0) is 25.2. The number of hydrogen-bond acceptors (Lipinski definition) is 8. The van der Waals surface area contributed by atoms with E-state index < -0.39 is 16.8 Å².